The number of rotatable bonds is 4. The predicted molar refractivity (Wildman–Crippen MR) is 114 cm³/mol. The van der Waals surface area contributed by atoms with Crippen LogP contribution in [0, 0.1) is 12.7 Å². The molecule has 1 N–H and O–H groups in total. The number of benzene rings is 3. The highest BCUT2D eigenvalue weighted by molar-refractivity contribution is 9.10. The van der Waals surface area contributed by atoms with Crippen LogP contribution in [-0.2, 0) is 0 Å². The molecule has 29 heavy (non-hydrogen) atoms. The van der Waals surface area contributed by atoms with Crippen LogP contribution in [0.4, 0.5) is 10.1 Å². The van der Waals surface area contributed by atoms with Gasteiger partial charge in [-0.25, -0.2) is 14.1 Å². The number of carbonyl (C=O) groups is 1. The number of nitrogens with one attached hydrogen (secondary N) is 1. The Morgan fingerprint density at radius 2 is 1.62 bits per heavy atom. The van der Waals surface area contributed by atoms with Gasteiger partial charge >= 0.3 is 0 Å². The molecule has 144 valence electrons. The lowest BCUT2D eigenvalue weighted by Gasteiger charge is -2.06. The quantitative estimate of drug-likeness (QED) is 0.452. The maximum atomic E-state index is 13.1. The molecular weight excluding hydrogens is 435 g/mol. The smallest absolute Gasteiger partial charge is 0.295 e. The minimum atomic E-state index is -0.471. The van der Waals surface area contributed by atoms with Crippen LogP contribution in [0.15, 0.2) is 77.3 Å². The fourth-order valence-corrected chi connectivity index (χ4v) is 3.04. The monoisotopic (exact) mass is 450 g/mol. The molecule has 0 aliphatic heterocycles. The summed E-state index contributed by atoms with van der Waals surface area (Å²) < 4.78 is 15.7. The Morgan fingerprint density at radius 3 is 2.28 bits per heavy atom. The third kappa shape index (κ3) is 4.25. The van der Waals surface area contributed by atoms with Gasteiger partial charge in [0.05, 0.1) is 5.69 Å². The van der Waals surface area contributed by atoms with Crippen LogP contribution in [0.25, 0.3) is 17.1 Å². The molecule has 0 bridgehead atoms. The van der Waals surface area contributed by atoms with Crippen molar-refractivity contribution < 1.29 is 9.18 Å². The molecule has 0 aliphatic rings. The van der Waals surface area contributed by atoms with Gasteiger partial charge in [-0.2, -0.15) is 0 Å². The predicted octanol–water partition coefficient (Wildman–Crippen LogP) is 5.40. The number of nitrogens with zero attached hydrogens (tertiary/aromatic N) is 3. The number of aryl methyl sites for hydroxylation is 1. The summed E-state index contributed by atoms with van der Waals surface area (Å²) >= 11 is 3.43. The molecule has 3 aromatic carbocycles. The summed E-state index contributed by atoms with van der Waals surface area (Å²) in [6.07, 6.45) is 0. The highest BCUT2D eigenvalue weighted by atomic mass is 79.9. The first kappa shape index (κ1) is 19.0. The summed E-state index contributed by atoms with van der Waals surface area (Å²) in [4.78, 5) is 17.2. The van der Waals surface area contributed by atoms with Crippen molar-refractivity contribution in [2.45, 2.75) is 6.92 Å². The lowest BCUT2D eigenvalue weighted by atomic mass is 10.2. The lowest BCUT2D eigenvalue weighted by Crippen LogP contribution is -2.14. The fourth-order valence-electron chi connectivity index (χ4n) is 2.78. The normalized spacial score (nSPS) is 10.7. The Kier molecular flexibility index (Phi) is 5.22. The highest BCUT2D eigenvalue weighted by Crippen LogP contribution is 2.24. The maximum Gasteiger partial charge on any atom is 0.295 e. The Bertz CT molecular complexity index is 1090. The lowest BCUT2D eigenvalue weighted by molar-refractivity contribution is 0.101. The first-order chi connectivity index (χ1) is 14.0. The second kappa shape index (κ2) is 7.97. The number of anilines is 1. The zero-order valence-corrected chi connectivity index (χ0v) is 17.0. The molecule has 1 amide bonds. The molecule has 1 heterocycles. The van der Waals surface area contributed by atoms with Crippen LogP contribution in [0.1, 0.15) is 16.2 Å². The van der Waals surface area contributed by atoms with E-state index in [1.54, 1.807) is 4.68 Å². The summed E-state index contributed by atoms with van der Waals surface area (Å²) in [7, 11) is 0. The van der Waals surface area contributed by atoms with Gasteiger partial charge in [-0.1, -0.05) is 45.8 Å². The van der Waals surface area contributed by atoms with E-state index in [4.69, 9.17) is 0 Å². The maximum absolute atomic E-state index is 13.1. The number of hydrogen-bond acceptors (Lipinski definition) is 3. The number of amides is 1. The van der Waals surface area contributed by atoms with E-state index in [-0.39, 0.29) is 11.6 Å². The summed E-state index contributed by atoms with van der Waals surface area (Å²) in [5.41, 5.74) is 3.20. The van der Waals surface area contributed by atoms with Gasteiger partial charge in [0.25, 0.3) is 5.91 Å². The Balaban J connectivity index is 1.74. The van der Waals surface area contributed by atoms with Gasteiger partial charge in [0.15, 0.2) is 5.82 Å². The van der Waals surface area contributed by atoms with Crippen molar-refractivity contribution in [2.75, 3.05) is 5.32 Å². The number of aromatic nitrogens is 3. The van der Waals surface area contributed by atoms with Crippen molar-refractivity contribution in [2.24, 2.45) is 0 Å². The van der Waals surface area contributed by atoms with E-state index in [1.807, 2.05) is 55.5 Å². The zero-order valence-electron chi connectivity index (χ0n) is 15.4. The van der Waals surface area contributed by atoms with Crippen molar-refractivity contribution in [1.29, 1.82) is 0 Å². The van der Waals surface area contributed by atoms with Crippen LogP contribution in [-0.4, -0.2) is 20.7 Å². The van der Waals surface area contributed by atoms with Crippen molar-refractivity contribution in [3.8, 4) is 17.1 Å². The molecule has 0 aliphatic carbocycles. The number of halogens is 2. The summed E-state index contributed by atoms with van der Waals surface area (Å²) in [6, 6.07) is 20.9. The molecule has 4 rings (SSSR count). The Morgan fingerprint density at radius 1 is 0.966 bits per heavy atom. The summed E-state index contributed by atoms with van der Waals surface area (Å²) in [6.45, 7) is 2.00. The van der Waals surface area contributed by atoms with E-state index in [2.05, 4.69) is 31.3 Å². The molecular formula is C22H16BrFN4O. The molecule has 0 saturated heterocycles. The molecule has 7 heteroatoms. The first-order valence-electron chi connectivity index (χ1n) is 8.86. The van der Waals surface area contributed by atoms with Crippen LogP contribution in [0.2, 0.25) is 0 Å². The zero-order chi connectivity index (χ0) is 20.4. The van der Waals surface area contributed by atoms with Gasteiger partial charge in [0, 0.05) is 15.7 Å². The van der Waals surface area contributed by atoms with Gasteiger partial charge in [-0.15, -0.1) is 5.10 Å². The van der Waals surface area contributed by atoms with E-state index in [1.165, 1.54) is 24.3 Å². The van der Waals surface area contributed by atoms with E-state index in [0.717, 1.165) is 21.3 Å². The van der Waals surface area contributed by atoms with Crippen LogP contribution in [0.3, 0.4) is 0 Å². The van der Waals surface area contributed by atoms with Crippen molar-refractivity contribution in [1.82, 2.24) is 14.8 Å². The molecule has 0 atom stereocenters. The minimum Gasteiger partial charge on any atom is -0.319 e. The Hall–Kier alpha value is -3.32. The first-order valence-corrected chi connectivity index (χ1v) is 9.66. The van der Waals surface area contributed by atoms with Gasteiger partial charge in [-0.05, 0) is 55.5 Å². The molecule has 0 unspecified atom stereocenters. The topological polar surface area (TPSA) is 59.8 Å². The SMILES string of the molecule is Cc1ccc(-n2nc(C(=O)Nc3ccc(F)cc3)nc2-c2ccc(Br)cc2)cc1. The van der Waals surface area contributed by atoms with Crippen LogP contribution >= 0.6 is 15.9 Å². The van der Waals surface area contributed by atoms with E-state index < -0.39 is 5.91 Å². The van der Waals surface area contributed by atoms with Crippen molar-refractivity contribution in [3.63, 3.8) is 0 Å². The Labute approximate surface area is 175 Å². The minimum absolute atomic E-state index is 0.0211. The van der Waals surface area contributed by atoms with E-state index in [0.29, 0.717) is 11.5 Å². The second-order valence-electron chi connectivity index (χ2n) is 6.47. The molecule has 5 nitrogen and oxygen atoms in total. The van der Waals surface area contributed by atoms with Crippen LogP contribution in [0.5, 0.6) is 0 Å². The van der Waals surface area contributed by atoms with Gasteiger partial charge < -0.3 is 5.32 Å². The standard InChI is InChI=1S/C22H16BrFN4O/c1-14-2-12-19(13-3-14)28-21(15-4-6-16(23)7-5-15)26-20(27-28)22(29)25-18-10-8-17(24)9-11-18/h2-13H,1H3,(H,25,29). The average molecular weight is 451 g/mol. The number of hydrogen-bond donors (Lipinski definition) is 1. The third-order valence-corrected chi connectivity index (χ3v) is 4.82. The van der Waals surface area contributed by atoms with Crippen LogP contribution < -0.4 is 5.32 Å². The highest BCUT2D eigenvalue weighted by Gasteiger charge is 2.19. The average Bonchev–Trinajstić information content (AvgIpc) is 3.16. The molecule has 0 spiro atoms. The largest absolute Gasteiger partial charge is 0.319 e. The summed E-state index contributed by atoms with van der Waals surface area (Å²) in [5.74, 6) is -0.276. The fraction of sp³-hybridized carbons (Fsp3) is 0.0455. The summed E-state index contributed by atoms with van der Waals surface area (Å²) in [5, 5.41) is 7.13. The van der Waals surface area contributed by atoms with Gasteiger partial charge in [-0.3, -0.25) is 4.79 Å². The van der Waals surface area contributed by atoms with Crippen molar-refractivity contribution >= 4 is 27.5 Å². The molecule has 4 aromatic rings. The molecule has 1 aromatic heterocycles. The van der Waals surface area contributed by atoms with E-state index in [9.17, 15) is 9.18 Å². The van der Waals surface area contributed by atoms with Gasteiger partial charge in [0.1, 0.15) is 5.82 Å². The van der Waals surface area contributed by atoms with E-state index >= 15 is 0 Å². The molecule has 0 radical (unpaired) electrons. The second-order valence-corrected chi connectivity index (χ2v) is 7.39. The van der Waals surface area contributed by atoms with Crippen molar-refractivity contribution in [3.05, 3.63) is 94.5 Å². The van der Waals surface area contributed by atoms with Gasteiger partial charge in [0.2, 0.25) is 5.82 Å². The molecule has 0 saturated carbocycles. The third-order valence-electron chi connectivity index (χ3n) is 4.29. The number of carbonyl (C=O) groups excluding carboxylic acids is 1. The molecule has 0 fully saturated rings.